The molecule has 1 atom stereocenters. The number of aromatic nitrogens is 2. The second kappa shape index (κ2) is 13.0. The number of anilines is 2. The Kier molecular flexibility index (Phi) is 10.4. The first kappa shape index (κ1) is 25.6. The zero-order chi connectivity index (χ0) is 22.1. The number of hydrogen-bond acceptors (Lipinski definition) is 8. The molecule has 1 unspecified atom stereocenters. The van der Waals surface area contributed by atoms with Crippen LogP contribution in [0.4, 0.5) is 16.3 Å². The molecule has 2 amide bonds. The standard InChI is InChI=1S/C20H24ClN7O3.ClH/c1-30-18-6-13(2-3-23-10-15-11-24-4-5-31-15)16(21)7-17(18)27-20(29)28-19-12-25-14(8-22)9-26-19;/h6-7,9,12,15,23-24H,2-5,10-11H2,1H3,(H2,26,27,28,29);1H. The number of methoxy groups -OCH3 is 1. The lowest BCUT2D eigenvalue weighted by Gasteiger charge is -2.23. The van der Waals surface area contributed by atoms with Gasteiger partial charge in [-0.15, -0.1) is 12.4 Å². The number of hydrogen-bond donors (Lipinski definition) is 4. The van der Waals surface area contributed by atoms with Crippen LogP contribution < -0.4 is 26.0 Å². The lowest BCUT2D eigenvalue weighted by molar-refractivity contribution is 0.0294. The lowest BCUT2D eigenvalue weighted by atomic mass is 10.1. The van der Waals surface area contributed by atoms with E-state index in [-0.39, 0.29) is 30.0 Å². The van der Waals surface area contributed by atoms with E-state index in [1.54, 1.807) is 12.1 Å². The Hall–Kier alpha value is -2.68. The molecule has 1 saturated heterocycles. The molecule has 32 heavy (non-hydrogen) atoms. The Morgan fingerprint density at radius 3 is 2.88 bits per heavy atom. The van der Waals surface area contributed by atoms with Gasteiger partial charge in [0.1, 0.15) is 11.8 Å². The Morgan fingerprint density at radius 1 is 1.38 bits per heavy atom. The van der Waals surface area contributed by atoms with E-state index in [9.17, 15) is 4.79 Å². The van der Waals surface area contributed by atoms with Crippen LogP contribution in [-0.4, -0.2) is 62.0 Å². The highest BCUT2D eigenvalue weighted by molar-refractivity contribution is 6.31. The predicted octanol–water partition coefficient (Wildman–Crippen LogP) is 2.20. The molecule has 12 heteroatoms. The molecule has 0 radical (unpaired) electrons. The number of ether oxygens (including phenoxy) is 2. The third-order valence-electron chi connectivity index (χ3n) is 4.57. The summed E-state index contributed by atoms with van der Waals surface area (Å²) in [6.07, 6.45) is 3.44. The van der Waals surface area contributed by atoms with E-state index in [4.69, 9.17) is 26.3 Å². The summed E-state index contributed by atoms with van der Waals surface area (Å²) in [5.74, 6) is 0.696. The van der Waals surface area contributed by atoms with Gasteiger partial charge in [-0.05, 0) is 30.7 Å². The summed E-state index contributed by atoms with van der Waals surface area (Å²) in [5, 5.41) is 21.2. The fourth-order valence-corrected chi connectivity index (χ4v) is 3.27. The molecule has 10 nitrogen and oxygen atoms in total. The number of nitriles is 1. The number of halogens is 2. The minimum atomic E-state index is -0.538. The highest BCUT2D eigenvalue weighted by atomic mass is 35.5. The van der Waals surface area contributed by atoms with Crippen LogP contribution in [0.5, 0.6) is 5.75 Å². The number of amides is 2. The quantitative estimate of drug-likeness (QED) is 0.421. The molecule has 2 aromatic rings. The summed E-state index contributed by atoms with van der Waals surface area (Å²) in [4.78, 5) is 20.1. The molecule has 1 aromatic carbocycles. The van der Waals surface area contributed by atoms with E-state index in [0.717, 1.165) is 38.3 Å². The molecule has 0 bridgehead atoms. The maximum absolute atomic E-state index is 12.3. The molecule has 0 aliphatic carbocycles. The van der Waals surface area contributed by atoms with Crippen molar-refractivity contribution in [3.63, 3.8) is 0 Å². The van der Waals surface area contributed by atoms with Gasteiger partial charge in [0.25, 0.3) is 0 Å². The van der Waals surface area contributed by atoms with Crippen LogP contribution in [-0.2, 0) is 11.2 Å². The summed E-state index contributed by atoms with van der Waals surface area (Å²) < 4.78 is 11.1. The Morgan fingerprint density at radius 2 is 2.22 bits per heavy atom. The van der Waals surface area contributed by atoms with Crippen LogP contribution in [0.25, 0.3) is 0 Å². The second-order valence-electron chi connectivity index (χ2n) is 6.77. The van der Waals surface area contributed by atoms with Gasteiger partial charge < -0.3 is 25.4 Å². The molecule has 1 aromatic heterocycles. The van der Waals surface area contributed by atoms with Crippen LogP contribution in [0.3, 0.4) is 0 Å². The first-order valence-corrected chi connectivity index (χ1v) is 10.2. The van der Waals surface area contributed by atoms with Gasteiger partial charge in [0.2, 0.25) is 0 Å². The summed E-state index contributed by atoms with van der Waals surface area (Å²) in [6.45, 7) is 3.96. The van der Waals surface area contributed by atoms with Crippen LogP contribution in [0.1, 0.15) is 11.3 Å². The molecule has 3 rings (SSSR count). The minimum absolute atomic E-state index is 0. The number of nitrogens with zero attached hydrogens (tertiary/aromatic N) is 3. The van der Waals surface area contributed by atoms with Crippen LogP contribution in [0, 0.1) is 11.3 Å². The average Bonchev–Trinajstić information content (AvgIpc) is 2.79. The summed E-state index contributed by atoms with van der Waals surface area (Å²) in [5.41, 5.74) is 1.48. The van der Waals surface area contributed by atoms with Crippen molar-refractivity contribution in [2.75, 3.05) is 50.5 Å². The van der Waals surface area contributed by atoms with Gasteiger partial charge in [-0.25, -0.2) is 14.8 Å². The monoisotopic (exact) mass is 481 g/mol. The van der Waals surface area contributed by atoms with E-state index in [0.29, 0.717) is 22.9 Å². The normalized spacial score (nSPS) is 15.2. The van der Waals surface area contributed by atoms with Gasteiger partial charge >= 0.3 is 6.03 Å². The topological polar surface area (TPSA) is 133 Å². The predicted molar refractivity (Wildman–Crippen MR) is 124 cm³/mol. The maximum atomic E-state index is 12.3. The lowest BCUT2D eigenvalue weighted by Crippen LogP contribution is -2.44. The van der Waals surface area contributed by atoms with Crippen molar-refractivity contribution in [1.82, 2.24) is 20.6 Å². The van der Waals surface area contributed by atoms with Crippen molar-refractivity contribution in [1.29, 1.82) is 5.26 Å². The third kappa shape index (κ3) is 7.47. The molecule has 0 saturated carbocycles. The highest BCUT2D eigenvalue weighted by Crippen LogP contribution is 2.31. The molecule has 1 aliphatic heterocycles. The van der Waals surface area contributed by atoms with Crippen molar-refractivity contribution in [2.24, 2.45) is 0 Å². The molecule has 2 heterocycles. The van der Waals surface area contributed by atoms with Crippen molar-refractivity contribution in [2.45, 2.75) is 12.5 Å². The fraction of sp³-hybridized carbons (Fsp3) is 0.400. The minimum Gasteiger partial charge on any atom is -0.495 e. The molecule has 172 valence electrons. The van der Waals surface area contributed by atoms with Crippen molar-refractivity contribution in [3.8, 4) is 11.8 Å². The smallest absolute Gasteiger partial charge is 0.325 e. The summed E-state index contributed by atoms with van der Waals surface area (Å²) in [7, 11) is 1.52. The number of benzene rings is 1. The van der Waals surface area contributed by atoms with Gasteiger partial charge in [0.15, 0.2) is 11.5 Å². The first-order valence-electron chi connectivity index (χ1n) is 9.78. The number of morpholine rings is 1. The molecule has 1 fully saturated rings. The van der Waals surface area contributed by atoms with Crippen molar-refractivity contribution in [3.05, 3.63) is 40.8 Å². The Labute approximate surface area is 197 Å². The first-order chi connectivity index (χ1) is 15.1. The Balaban J connectivity index is 0.00000363. The number of carbonyl (C=O) groups is 1. The largest absolute Gasteiger partial charge is 0.495 e. The average molecular weight is 482 g/mol. The van der Waals surface area contributed by atoms with Gasteiger partial charge in [-0.1, -0.05) is 11.6 Å². The van der Waals surface area contributed by atoms with Gasteiger partial charge in [-0.3, -0.25) is 5.32 Å². The molecule has 0 spiro atoms. The van der Waals surface area contributed by atoms with Gasteiger partial charge in [0.05, 0.1) is 37.9 Å². The number of rotatable bonds is 8. The molecule has 4 N–H and O–H groups in total. The summed E-state index contributed by atoms with van der Waals surface area (Å²) >= 11 is 6.42. The van der Waals surface area contributed by atoms with E-state index in [1.807, 2.05) is 6.07 Å². The number of carbonyl (C=O) groups excluding carboxylic acids is 1. The SMILES string of the molecule is COc1cc(CCNCC2CNCCO2)c(Cl)cc1NC(=O)Nc1cnc(C#N)cn1.Cl. The van der Waals surface area contributed by atoms with Crippen LogP contribution >= 0.6 is 24.0 Å². The molecular weight excluding hydrogens is 457 g/mol. The fourth-order valence-electron chi connectivity index (χ4n) is 3.01. The van der Waals surface area contributed by atoms with Crippen LogP contribution in [0.2, 0.25) is 5.02 Å². The van der Waals surface area contributed by atoms with Crippen molar-refractivity contribution < 1.29 is 14.3 Å². The van der Waals surface area contributed by atoms with Crippen LogP contribution in [0.15, 0.2) is 24.5 Å². The number of nitrogens with one attached hydrogen (secondary N) is 4. The summed E-state index contributed by atoms with van der Waals surface area (Å²) in [6, 6.07) is 4.78. The second-order valence-corrected chi connectivity index (χ2v) is 7.18. The zero-order valence-corrected chi connectivity index (χ0v) is 19.1. The molecule has 1 aliphatic rings. The highest BCUT2D eigenvalue weighted by Gasteiger charge is 2.14. The maximum Gasteiger partial charge on any atom is 0.325 e. The Bertz CT molecular complexity index is 932. The van der Waals surface area contributed by atoms with Gasteiger partial charge in [0, 0.05) is 24.7 Å². The zero-order valence-electron chi connectivity index (χ0n) is 17.5. The van der Waals surface area contributed by atoms with Gasteiger partial charge in [-0.2, -0.15) is 5.26 Å². The van der Waals surface area contributed by atoms with E-state index < -0.39 is 6.03 Å². The number of urea groups is 1. The van der Waals surface area contributed by atoms with E-state index in [2.05, 4.69) is 31.2 Å². The third-order valence-corrected chi connectivity index (χ3v) is 4.92. The van der Waals surface area contributed by atoms with E-state index >= 15 is 0 Å². The molecular formula is C20H25Cl2N7O3. The van der Waals surface area contributed by atoms with Crippen molar-refractivity contribution >= 4 is 41.5 Å². The van der Waals surface area contributed by atoms with E-state index in [1.165, 1.54) is 19.5 Å².